The first-order valence-corrected chi connectivity index (χ1v) is 21.8. The zero-order valence-corrected chi connectivity index (χ0v) is 35.2. The predicted molar refractivity (Wildman–Crippen MR) is 222 cm³/mol. The fourth-order valence-electron chi connectivity index (χ4n) is 5.45. The van der Waals surface area contributed by atoms with Gasteiger partial charge >= 0.3 is 15.6 Å². The molecule has 14 nitrogen and oxygen atoms in total. The van der Waals surface area contributed by atoms with E-state index in [-0.39, 0.29) is 0 Å². The van der Waals surface area contributed by atoms with E-state index in [1.54, 1.807) is 0 Å². The molecule has 0 spiro atoms. The highest BCUT2D eigenvalue weighted by Crippen LogP contribution is 2.28. The Morgan fingerprint density at radius 3 is 1.52 bits per heavy atom. The van der Waals surface area contributed by atoms with Gasteiger partial charge in [0.15, 0.2) is 0 Å². The molecule has 2 atom stereocenters. The van der Waals surface area contributed by atoms with E-state index in [0.717, 1.165) is 90.4 Å². The average Bonchev–Trinajstić information content (AvgIpc) is 3.07. The molecule has 0 radical (unpaired) electrons. The van der Waals surface area contributed by atoms with Gasteiger partial charge < -0.3 is 49.8 Å². The SMILES string of the molecule is CCN(CC)CCCC(C)Nc1cc(Cl)c2ccccc2n1.CCN(CC)CCCC(C)Nc1cc(Cl)nc2ccccc12.O=P(O)(O)O.O=P(O)(O)O. The molecule has 2 aromatic carbocycles. The molecule has 18 heteroatoms. The van der Waals surface area contributed by atoms with Crippen molar-refractivity contribution in [1.82, 2.24) is 19.8 Å². The third kappa shape index (κ3) is 22.8. The van der Waals surface area contributed by atoms with Gasteiger partial charge in [0.25, 0.3) is 0 Å². The molecule has 304 valence electrons. The molecule has 2 aromatic heterocycles. The number of phosphoric acid groups is 2. The minimum atomic E-state index is -4.64. The lowest BCUT2D eigenvalue weighted by atomic mass is 10.1. The monoisotopic (exact) mass is 834 g/mol. The molecule has 0 saturated heterocycles. The number of pyridine rings is 2. The van der Waals surface area contributed by atoms with Crippen LogP contribution in [0.4, 0.5) is 11.5 Å². The molecule has 0 amide bonds. The molecule has 54 heavy (non-hydrogen) atoms. The molecule has 2 unspecified atom stereocenters. The molecule has 0 aliphatic rings. The number of halogens is 2. The zero-order chi connectivity index (χ0) is 40.9. The Labute approximate surface area is 329 Å². The van der Waals surface area contributed by atoms with Gasteiger partial charge in [-0.15, -0.1) is 0 Å². The third-order valence-corrected chi connectivity index (χ3v) is 8.66. The smallest absolute Gasteiger partial charge is 0.382 e. The zero-order valence-electron chi connectivity index (χ0n) is 31.9. The second-order valence-corrected chi connectivity index (χ2v) is 15.3. The van der Waals surface area contributed by atoms with E-state index >= 15 is 0 Å². The molecule has 0 aliphatic heterocycles. The molecule has 0 bridgehead atoms. The van der Waals surface area contributed by atoms with E-state index in [1.165, 1.54) is 12.8 Å². The van der Waals surface area contributed by atoms with Crippen molar-refractivity contribution in [2.75, 3.05) is 49.9 Å². The molecule has 4 aromatic rings. The van der Waals surface area contributed by atoms with Crippen LogP contribution in [0.25, 0.3) is 21.8 Å². The van der Waals surface area contributed by atoms with Crippen molar-refractivity contribution >= 4 is 72.2 Å². The summed E-state index contributed by atoms with van der Waals surface area (Å²) in [6, 6.07) is 20.7. The van der Waals surface area contributed by atoms with E-state index in [1.807, 2.05) is 54.6 Å². The van der Waals surface area contributed by atoms with Gasteiger partial charge in [-0.1, -0.05) is 87.3 Å². The first-order chi connectivity index (χ1) is 25.3. The van der Waals surface area contributed by atoms with Crippen LogP contribution in [0.1, 0.15) is 67.2 Å². The van der Waals surface area contributed by atoms with Gasteiger partial charge in [0.05, 0.1) is 16.1 Å². The number of rotatable bonds is 16. The minimum absolute atomic E-state index is 0.389. The van der Waals surface area contributed by atoms with Crippen molar-refractivity contribution in [3.05, 3.63) is 70.8 Å². The van der Waals surface area contributed by atoms with Crippen LogP contribution in [-0.4, -0.2) is 100 Å². The molecular formula is C36H58Cl2N6O8P2. The molecular weight excluding hydrogens is 777 g/mol. The molecule has 0 saturated carbocycles. The minimum Gasteiger partial charge on any atom is -0.382 e. The lowest BCUT2D eigenvalue weighted by molar-refractivity contribution is 0.272. The van der Waals surface area contributed by atoms with Gasteiger partial charge in [0, 0.05) is 28.5 Å². The van der Waals surface area contributed by atoms with Crippen molar-refractivity contribution in [3.63, 3.8) is 0 Å². The van der Waals surface area contributed by atoms with Crippen LogP contribution in [0.3, 0.4) is 0 Å². The average molecular weight is 836 g/mol. The van der Waals surface area contributed by atoms with Crippen molar-refractivity contribution in [3.8, 4) is 0 Å². The van der Waals surface area contributed by atoms with Gasteiger partial charge in [0.2, 0.25) is 0 Å². The number of anilines is 2. The lowest BCUT2D eigenvalue weighted by Crippen LogP contribution is -2.25. The van der Waals surface area contributed by atoms with Gasteiger partial charge in [-0.05, 0) is 103 Å². The van der Waals surface area contributed by atoms with Crippen LogP contribution in [-0.2, 0) is 9.13 Å². The van der Waals surface area contributed by atoms with Gasteiger partial charge in [-0.3, -0.25) is 0 Å². The Balaban J connectivity index is 0.000000432. The number of nitrogens with zero attached hydrogens (tertiary/aromatic N) is 4. The first kappa shape index (κ1) is 49.6. The lowest BCUT2D eigenvalue weighted by Gasteiger charge is -2.21. The van der Waals surface area contributed by atoms with E-state index in [4.69, 9.17) is 61.7 Å². The summed E-state index contributed by atoms with van der Waals surface area (Å²) >= 11 is 12.5. The van der Waals surface area contributed by atoms with Crippen molar-refractivity contribution < 1.29 is 38.5 Å². The summed E-state index contributed by atoms with van der Waals surface area (Å²) in [7, 11) is -9.28. The molecule has 8 N–H and O–H groups in total. The Morgan fingerprint density at radius 2 is 1.06 bits per heavy atom. The summed E-state index contributed by atoms with van der Waals surface area (Å²) < 4.78 is 17.8. The maximum atomic E-state index is 8.88. The van der Waals surface area contributed by atoms with Gasteiger partial charge in [0.1, 0.15) is 11.0 Å². The van der Waals surface area contributed by atoms with E-state index in [0.29, 0.717) is 17.2 Å². The Morgan fingerprint density at radius 1 is 0.648 bits per heavy atom. The fourth-order valence-corrected chi connectivity index (χ4v) is 5.92. The number of nitrogens with one attached hydrogen (secondary N) is 2. The number of aromatic nitrogens is 2. The number of fused-ring (bicyclic) bond motifs is 2. The Bertz CT molecular complexity index is 1720. The quantitative estimate of drug-likeness (QED) is 0.0401. The van der Waals surface area contributed by atoms with E-state index in [9.17, 15) is 0 Å². The standard InChI is InChI=1S/2C18H26ClN3.2H3O4P/c1-4-22(5-2)12-8-9-14(3)20-18-13-16(19)15-10-6-7-11-17(15)21-18;1-4-22(5-2)12-8-9-14(3)20-17-13-18(19)21-16-11-7-6-10-15(16)17;2*1-5(2,3)4/h2*6-7,10-11,13-14H,4-5,8-9,12H2,1-3H3,(H,20,21);2*(H3,1,2,3,4). The summed E-state index contributed by atoms with van der Waals surface area (Å²) in [6.45, 7) is 20.1. The summed E-state index contributed by atoms with van der Waals surface area (Å²) in [5.41, 5.74) is 2.95. The summed E-state index contributed by atoms with van der Waals surface area (Å²) in [5.74, 6) is 0.860. The van der Waals surface area contributed by atoms with E-state index in [2.05, 4.69) is 78.0 Å². The molecule has 2 heterocycles. The molecule has 0 fully saturated rings. The van der Waals surface area contributed by atoms with Gasteiger partial charge in [-0.25, -0.2) is 19.1 Å². The van der Waals surface area contributed by atoms with Crippen LogP contribution < -0.4 is 10.6 Å². The van der Waals surface area contributed by atoms with Gasteiger partial charge in [-0.2, -0.15) is 0 Å². The Kier molecular flexibility index (Phi) is 23.6. The summed E-state index contributed by atoms with van der Waals surface area (Å²) in [4.78, 5) is 57.1. The predicted octanol–water partition coefficient (Wildman–Crippen LogP) is 7.76. The number of hydrogen-bond donors (Lipinski definition) is 8. The maximum absolute atomic E-state index is 8.88. The van der Waals surface area contributed by atoms with Crippen molar-refractivity contribution in [2.45, 2.75) is 79.3 Å². The van der Waals surface area contributed by atoms with E-state index < -0.39 is 15.6 Å². The van der Waals surface area contributed by atoms with Crippen LogP contribution in [0, 0.1) is 0 Å². The van der Waals surface area contributed by atoms with Crippen LogP contribution >= 0.6 is 38.8 Å². The van der Waals surface area contributed by atoms with Crippen LogP contribution in [0.5, 0.6) is 0 Å². The summed E-state index contributed by atoms with van der Waals surface area (Å²) in [6.07, 6.45) is 4.66. The number of hydrogen-bond acceptors (Lipinski definition) is 8. The summed E-state index contributed by atoms with van der Waals surface area (Å²) in [5, 5.41) is 10.5. The van der Waals surface area contributed by atoms with Crippen molar-refractivity contribution in [2.24, 2.45) is 0 Å². The highest BCUT2D eigenvalue weighted by Gasteiger charge is 2.10. The normalized spacial score (nSPS) is 12.6. The molecule has 4 rings (SSSR count). The topological polar surface area (TPSA) is 212 Å². The second kappa shape index (κ2) is 25.7. The largest absolute Gasteiger partial charge is 0.466 e. The third-order valence-electron chi connectivity index (χ3n) is 8.16. The highest BCUT2D eigenvalue weighted by molar-refractivity contribution is 7.45. The molecule has 0 aliphatic carbocycles. The second-order valence-electron chi connectivity index (χ2n) is 12.5. The number of benzene rings is 2. The maximum Gasteiger partial charge on any atom is 0.466 e. The first-order valence-electron chi connectivity index (χ1n) is 17.9. The van der Waals surface area contributed by atoms with Crippen LogP contribution in [0.2, 0.25) is 10.2 Å². The number of para-hydroxylation sites is 2. The highest BCUT2D eigenvalue weighted by atomic mass is 35.5. The van der Waals surface area contributed by atoms with Crippen molar-refractivity contribution in [1.29, 1.82) is 0 Å². The van der Waals surface area contributed by atoms with Crippen LogP contribution in [0.15, 0.2) is 60.7 Å². The fraction of sp³-hybridized carbons (Fsp3) is 0.500. The Hall–Kier alpha value is -2.42.